The van der Waals surface area contributed by atoms with E-state index in [9.17, 15) is 10.1 Å². The summed E-state index contributed by atoms with van der Waals surface area (Å²) in [7, 11) is 0. The average Bonchev–Trinajstić information content (AvgIpc) is 2.39. The predicted molar refractivity (Wildman–Crippen MR) is 70.2 cm³/mol. The summed E-state index contributed by atoms with van der Waals surface area (Å²) in [5, 5.41) is 29.8. The molecule has 0 spiro atoms. The molecule has 9 nitrogen and oxygen atoms in total. The minimum atomic E-state index is -0.574. The van der Waals surface area contributed by atoms with Crippen LogP contribution in [0.1, 0.15) is 0 Å². The van der Waals surface area contributed by atoms with Crippen LogP contribution in [0.3, 0.4) is 0 Å². The van der Waals surface area contributed by atoms with Crippen molar-refractivity contribution < 1.29 is 15.1 Å². The number of nitrogens with one attached hydrogen (secondary N) is 2. The lowest BCUT2D eigenvalue weighted by atomic mass is 10.2. The number of nitrogens with zero attached hydrogens (tertiary/aromatic N) is 2. The van der Waals surface area contributed by atoms with Crippen LogP contribution in [0, 0.1) is 10.1 Å². The molecule has 0 saturated heterocycles. The molecule has 0 amide bonds. The molecule has 1 aromatic carbocycles. The van der Waals surface area contributed by atoms with Crippen LogP contribution in [0.15, 0.2) is 18.2 Å². The third kappa shape index (κ3) is 4.34. The van der Waals surface area contributed by atoms with E-state index in [4.69, 9.17) is 15.9 Å². The van der Waals surface area contributed by atoms with Crippen LogP contribution in [0.4, 0.5) is 17.1 Å². The van der Waals surface area contributed by atoms with Gasteiger partial charge in [-0.25, -0.2) is 16.0 Å². The van der Waals surface area contributed by atoms with Crippen molar-refractivity contribution >= 4 is 17.1 Å². The molecule has 0 aliphatic carbocycles. The van der Waals surface area contributed by atoms with Gasteiger partial charge in [-0.15, -0.1) is 0 Å². The number of nitro benzene ring substituents is 1. The van der Waals surface area contributed by atoms with Gasteiger partial charge in [0, 0.05) is 19.2 Å². The van der Waals surface area contributed by atoms with E-state index in [1.807, 2.05) is 0 Å². The Morgan fingerprint density at radius 2 is 1.84 bits per heavy atom. The Morgan fingerprint density at radius 1 is 1.26 bits per heavy atom. The van der Waals surface area contributed by atoms with Crippen molar-refractivity contribution in [3.63, 3.8) is 0 Å². The molecule has 0 aliphatic heterocycles. The number of aliphatic hydroxyl groups is 2. The quantitative estimate of drug-likeness (QED) is 0.230. The molecular formula is C10H17N5O4. The van der Waals surface area contributed by atoms with Crippen molar-refractivity contribution in [3.8, 4) is 0 Å². The molecule has 6 N–H and O–H groups in total. The lowest BCUT2D eigenvalue weighted by Crippen LogP contribution is -2.50. The number of rotatable bonds is 8. The Morgan fingerprint density at radius 3 is 2.32 bits per heavy atom. The third-order valence-corrected chi connectivity index (χ3v) is 2.23. The van der Waals surface area contributed by atoms with Crippen LogP contribution in [-0.2, 0) is 0 Å². The summed E-state index contributed by atoms with van der Waals surface area (Å²) in [6.07, 6.45) is 0. The van der Waals surface area contributed by atoms with Crippen LogP contribution in [0.25, 0.3) is 0 Å². The van der Waals surface area contributed by atoms with Gasteiger partial charge in [0.25, 0.3) is 5.69 Å². The molecule has 9 heteroatoms. The van der Waals surface area contributed by atoms with Gasteiger partial charge >= 0.3 is 0 Å². The first-order valence-electron chi connectivity index (χ1n) is 5.63. The molecule has 19 heavy (non-hydrogen) atoms. The van der Waals surface area contributed by atoms with Crippen LogP contribution in [-0.4, -0.2) is 41.4 Å². The summed E-state index contributed by atoms with van der Waals surface area (Å²) in [4.78, 5) is 10.2. The van der Waals surface area contributed by atoms with Crippen LogP contribution < -0.4 is 21.7 Å². The van der Waals surface area contributed by atoms with E-state index in [-0.39, 0.29) is 37.7 Å². The molecule has 1 rings (SSSR count). The van der Waals surface area contributed by atoms with Gasteiger partial charge in [-0.3, -0.25) is 10.1 Å². The highest BCUT2D eigenvalue weighted by Gasteiger charge is 2.15. The Labute approximate surface area is 109 Å². The standard InChI is InChI=1S/C10H17N5O4/c11-9-2-1-8(7-10(9)15(18)19)14(12-3-5-16)13-4-6-17/h1-2,7,12-13,16-17H,3-6,11H2. The summed E-state index contributed by atoms with van der Waals surface area (Å²) in [6, 6.07) is 4.29. The van der Waals surface area contributed by atoms with Crippen molar-refractivity contribution in [2.45, 2.75) is 0 Å². The lowest BCUT2D eigenvalue weighted by molar-refractivity contribution is -0.383. The number of nitrogens with two attached hydrogens (primary N) is 1. The van der Waals surface area contributed by atoms with Gasteiger partial charge < -0.3 is 15.9 Å². The third-order valence-electron chi connectivity index (χ3n) is 2.23. The first-order chi connectivity index (χ1) is 9.10. The Kier molecular flexibility index (Phi) is 5.96. The summed E-state index contributed by atoms with van der Waals surface area (Å²) in [6.45, 7) is 0.288. The second-order valence-corrected chi connectivity index (χ2v) is 3.60. The zero-order valence-electron chi connectivity index (χ0n) is 10.2. The Hall–Kier alpha value is -1.94. The second kappa shape index (κ2) is 7.48. The maximum Gasteiger partial charge on any atom is 0.294 e. The highest BCUT2D eigenvalue weighted by atomic mass is 16.6. The zero-order valence-corrected chi connectivity index (χ0v) is 10.2. The topological polar surface area (TPSA) is 137 Å². The molecule has 0 saturated carbocycles. The van der Waals surface area contributed by atoms with Crippen molar-refractivity contribution in [3.05, 3.63) is 28.3 Å². The number of hydrazine groups is 2. The van der Waals surface area contributed by atoms with Crippen molar-refractivity contribution in [2.75, 3.05) is 37.2 Å². The van der Waals surface area contributed by atoms with E-state index in [1.165, 1.54) is 17.3 Å². The van der Waals surface area contributed by atoms with Crippen LogP contribution in [0.5, 0.6) is 0 Å². The van der Waals surface area contributed by atoms with Crippen LogP contribution in [0.2, 0.25) is 0 Å². The zero-order chi connectivity index (χ0) is 14.3. The highest BCUT2D eigenvalue weighted by molar-refractivity contribution is 5.65. The van der Waals surface area contributed by atoms with Gasteiger partial charge in [-0.05, 0) is 12.1 Å². The molecule has 0 bridgehead atoms. The van der Waals surface area contributed by atoms with Gasteiger partial charge in [-0.1, -0.05) is 0 Å². The molecule has 0 aromatic heterocycles. The smallest absolute Gasteiger partial charge is 0.294 e. The second-order valence-electron chi connectivity index (χ2n) is 3.60. The number of anilines is 2. The molecule has 0 atom stereocenters. The maximum atomic E-state index is 10.8. The largest absolute Gasteiger partial charge is 0.395 e. The van der Waals surface area contributed by atoms with Gasteiger partial charge in [0.1, 0.15) is 5.69 Å². The molecule has 0 unspecified atom stereocenters. The molecular weight excluding hydrogens is 254 g/mol. The van der Waals surface area contributed by atoms with Crippen molar-refractivity contribution in [2.24, 2.45) is 0 Å². The van der Waals surface area contributed by atoms with Gasteiger partial charge in [0.15, 0.2) is 0 Å². The number of hydrogen-bond donors (Lipinski definition) is 5. The number of benzene rings is 1. The van der Waals surface area contributed by atoms with Gasteiger partial charge in [-0.2, -0.15) is 0 Å². The Balaban J connectivity index is 2.93. The summed E-state index contributed by atoms with van der Waals surface area (Å²) in [5.74, 6) is 0. The number of aliphatic hydroxyl groups excluding tert-OH is 2. The van der Waals surface area contributed by atoms with Gasteiger partial charge in [0.05, 0.1) is 23.8 Å². The summed E-state index contributed by atoms with van der Waals surface area (Å²) < 4.78 is 0. The first kappa shape index (κ1) is 15.1. The van der Waals surface area contributed by atoms with Gasteiger partial charge in [0.2, 0.25) is 0 Å². The van der Waals surface area contributed by atoms with Crippen LogP contribution >= 0.6 is 0 Å². The minimum Gasteiger partial charge on any atom is -0.395 e. The lowest BCUT2D eigenvalue weighted by Gasteiger charge is -2.25. The molecule has 0 aliphatic rings. The maximum absolute atomic E-state index is 10.8. The number of hydrogen-bond acceptors (Lipinski definition) is 8. The molecule has 0 heterocycles. The fraction of sp³-hybridized carbons (Fsp3) is 0.400. The summed E-state index contributed by atoms with van der Waals surface area (Å²) in [5.41, 5.74) is 11.4. The van der Waals surface area contributed by atoms with E-state index < -0.39 is 4.92 Å². The fourth-order valence-corrected chi connectivity index (χ4v) is 1.39. The van der Waals surface area contributed by atoms with E-state index in [2.05, 4.69) is 10.9 Å². The highest BCUT2D eigenvalue weighted by Crippen LogP contribution is 2.26. The first-order valence-corrected chi connectivity index (χ1v) is 5.63. The van der Waals surface area contributed by atoms with E-state index in [0.29, 0.717) is 5.69 Å². The predicted octanol–water partition coefficient (Wildman–Crippen LogP) is -1.02. The SMILES string of the molecule is Nc1ccc(N(NCCO)NCCO)cc1[N+](=O)[O-]. The monoisotopic (exact) mass is 271 g/mol. The van der Waals surface area contributed by atoms with Crippen molar-refractivity contribution in [1.29, 1.82) is 0 Å². The number of nitro groups is 1. The van der Waals surface area contributed by atoms with E-state index >= 15 is 0 Å². The fourth-order valence-electron chi connectivity index (χ4n) is 1.39. The number of nitrogen functional groups attached to an aromatic ring is 1. The van der Waals surface area contributed by atoms with Crippen molar-refractivity contribution in [1.82, 2.24) is 10.9 Å². The Bertz CT molecular complexity index is 420. The normalized spacial score (nSPS) is 10.4. The molecule has 0 radical (unpaired) electrons. The molecule has 1 aromatic rings. The molecule has 0 fully saturated rings. The minimum absolute atomic E-state index is 0.0676. The van der Waals surface area contributed by atoms with E-state index in [1.54, 1.807) is 6.07 Å². The molecule has 106 valence electrons. The average molecular weight is 271 g/mol. The van der Waals surface area contributed by atoms with E-state index in [0.717, 1.165) is 0 Å². The summed E-state index contributed by atoms with van der Waals surface area (Å²) >= 11 is 0.